The van der Waals surface area contributed by atoms with E-state index in [4.69, 9.17) is 0 Å². The Hall–Kier alpha value is -2.95. The van der Waals surface area contributed by atoms with Crippen LogP contribution in [-0.4, -0.2) is 27.6 Å². The number of hydrogen-bond acceptors (Lipinski definition) is 3. The van der Waals surface area contributed by atoms with Crippen LogP contribution < -0.4 is 5.32 Å². The Morgan fingerprint density at radius 2 is 1.81 bits per heavy atom. The topological polar surface area (TPSA) is 63.5 Å². The van der Waals surface area contributed by atoms with Crippen LogP contribution in [0.15, 0.2) is 48.8 Å². The van der Waals surface area contributed by atoms with Crippen molar-refractivity contribution in [2.24, 2.45) is 0 Å². The van der Waals surface area contributed by atoms with Crippen molar-refractivity contribution in [1.29, 1.82) is 0 Å². The molecule has 0 fully saturated rings. The number of fused-ring (bicyclic) bond motifs is 1. The van der Waals surface area contributed by atoms with Gasteiger partial charge < -0.3 is 9.72 Å². The highest BCUT2D eigenvalue weighted by molar-refractivity contribution is 5.97. The number of imidazole rings is 1. The highest BCUT2D eigenvalue weighted by Crippen LogP contribution is 2.09. The molecular formula is C21H23N3O2. The molecule has 1 N–H and O–H groups in total. The first-order valence-corrected chi connectivity index (χ1v) is 8.82. The summed E-state index contributed by atoms with van der Waals surface area (Å²) in [4.78, 5) is 28.6. The zero-order valence-electron chi connectivity index (χ0n) is 15.2. The van der Waals surface area contributed by atoms with E-state index >= 15 is 0 Å². The Balaban J connectivity index is 1.43. The number of pyridine rings is 1. The second-order valence-corrected chi connectivity index (χ2v) is 6.59. The third kappa shape index (κ3) is 4.57. The van der Waals surface area contributed by atoms with Gasteiger partial charge in [0.25, 0.3) is 0 Å². The predicted octanol–water partition coefficient (Wildman–Crippen LogP) is 3.27. The van der Waals surface area contributed by atoms with Gasteiger partial charge in [-0.05, 0) is 31.5 Å². The van der Waals surface area contributed by atoms with Crippen LogP contribution in [0, 0.1) is 13.8 Å². The summed E-state index contributed by atoms with van der Waals surface area (Å²) in [5.41, 5.74) is 4.78. The van der Waals surface area contributed by atoms with Crippen LogP contribution in [-0.2, 0) is 11.2 Å². The molecule has 134 valence electrons. The Morgan fingerprint density at radius 1 is 1.04 bits per heavy atom. The number of carbonyl (C=O) groups is 2. The van der Waals surface area contributed by atoms with E-state index < -0.39 is 0 Å². The van der Waals surface area contributed by atoms with E-state index in [1.54, 1.807) is 12.1 Å². The van der Waals surface area contributed by atoms with Gasteiger partial charge in [-0.2, -0.15) is 0 Å². The molecule has 2 heterocycles. The first kappa shape index (κ1) is 17.9. The number of aryl methyl sites for hydroxylation is 2. The normalized spacial score (nSPS) is 10.8. The predicted molar refractivity (Wildman–Crippen MR) is 101 cm³/mol. The maximum Gasteiger partial charge on any atom is 0.220 e. The number of aromatic nitrogens is 2. The molecule has 0 saturated carbocycles. The van der Waals surface area contributed by atoms with Crippen molar-refractivity contribution in [3.05, 3.63) is 71.2 Å². The Bertz CT molecular complexity index is 926. The highest BCUT2D eigenvalue weighted by atomic mass is 16.2. The minimum Gasteiger partial charge on any atom is -0.356 e. The third-order valence-electron chi connectivity index (χ3n) is 4.32. The van der Waals surface area contributed by atoms with Gasteiger partial charge in [0.2, 0.25) is 5.91 Å². The van der Waals surface area contributed by atoms with Crippen molar-refractivity contribution in [1.82, 2.24) is 14.7 Å². The van der Waals surface area contributed by atoms with Crippen LogP contribution in [0.3, 0.4) is 0 Å². The van der Waals surface area contributed by atoms with E-state index in [-0.39, 0.29) is 24.5 Å². The molecular weight excluding hydrogens is 326 g/mol. The van der Waals surface area contributed by atoms with Gasteiger partial charge in [-0.1, -0.05) is 29.8 Å². The summed E-state index contributed by atoms with van der Waals surface area (Å²) in [6.45, 7) is 4.53. The lowest BCUT2D eigenvalue weighted by Gasteiger charge is -2.04. The fraction of sp³-hybridized carbons (Fsp3) is 0.286. The van der Waals surface area contributed by atoms with Crippen LogP contribution in [0.5, 0.6) is 0 Å². The van der Waals surface area contributed by atoms with Crippen LogP contribution in [0.1, 0.15) is 40.0 Å². The highest BCUT2D eigenvalue weighted by Gasteiger charge is 2.09. The Morgan fingerprint density at radius 3 is 2.58 bits per heavy atom. The molecule has 5 heteroatoms. The molecule has 3 rings (SSSR count). The van der Waals surface area contributed by atoms with Crippen molar-refractivity contribution in [2.45, 2.75) is 33.1 Å². The number of benzene rings is 1. The van der Waals surface area contributed by atoms with E-state index in [0.29, 0.717) is 18.5 Å². The van der Waals surface area contributed by atoms with Crippen molar-refractivity contribution in [3.8, 4) is 0 Å². The molecule has 0 bridgehead atoms. The molecule has 1 amide bonds. The molecule has 1 aromatic carbocycles. The van der Waals surface area contributed by atoms with Crippen molar-refractivity contribution in [2.75, 3.05) is 6.54 Å². The summed E-state index contributed by atoms with van der Waals surface area (Å²) < 4.78 is 1.98. The average molecular weight is 349 g/mol. The summed E-state index contributed by atoms with van der Waals surface area (Å²) >= 11 is 0. The fourth-order valence-corrected chi connectivity index (χ4v) is 2.79. The number of ketones is 1. The summed E-state index contributed by atoms with van der Waals surface area (Å²) in [5, 5.41) is 2.86. The summed E-state index contributed by atoms with van der Waals surface area (Å²) in [5.74, 6) is -0.110. The lowest BCUT2D eigenvalue weighted by atomic mass is 10.1. The molecule has 0 saturated heterocycles. The Labute approximate surface area is 153 Å². The standard InChI is InChI=1S/C21H23N3O2/c1-15-3-5-17(6-4-15)19(25)7-8-21(26)22-11-9-18-14-24-12-10-16(2)13-20(24)23-18/h3-6,10,12-14H,7-9,11H2,1-2H3,(H,22,26). The van der Waals surface area contributed by atoms with Gasteiger partial charge in [0, 0.05) is 43.8 Å². The summed E-state index contributed by atoms with van der Waals surface area (Å²) in [6, 6.07) is 11.5. The van der Waals surface area contributed by atoms with E-state index in [2.05, 4.69) is 10.3 Å². The maximum atomic E-state index is 12.1. The maximum absolute atomic E-state index is 12.1. The fourth-order valence-electron chi connectivity index (χ4n) is 2.79. The van der Waals surface area contributed by atoms with Gasteiger partial charge in [-0.3, -0.25) is 9.59 Å². The molecule has 0 unspecified atom stereocenters. The molecule has 3 aromatic rings. The number of carbonyl (C=O) groups excluding carboxylic acids is 2. The van der Waals surface area contributed by atoms with E-state index in [9.17, 15) is 9.59 Å². The van der Waals surface area contributed by atoms with Crippen molar-refractivity contribution < 1.29 is 9.59 Å². The molecule has 0 aliphatic rings. The summed E-state index contributed by atoms with van der Waals surface area (Å²) in [6.07, 6.45) is 5.05. The van der Waals surface area contributed by atoms with Gasteiger partial charge in [0.15, 0.2) is 5.78 Å². The molecule has 0 aliphatic heterocycles. The monoisotopic (exact) mass is 349 g/mol. The molecule has 26 heavy (non-hydrogen) atoms. The van der Waals surface area contributed by atoms with Gasteiger partial charge in [-0.25, -0.2) is 4.98 Å². The molecule has 2 aromatic heterocycles. The number of hydrogen-bond donors (Lipinski definition) is 1. The van der Waals surface area contributed by atoms with Gasteiger partial charge in [-0.15, -0.1) is 0 Å². The number of Topliss-reactive ketones (excluding diaryl/α,β-unsaturated/α-hetero) is 1. The minimum atomic E-state index is -0.106. The smallest absolute Gasteiger partial charge is 0.220 e. The SMILES string of the molecule is Cc1ccc(C(=O)CCC(=O)NCCc2cn3ccc(C)cc3n2)cc1. The summed E-state index contributed by atoms with van der Waals surface area (Å²) in [7, 11) is 0. The lowest BCUT2D eigenvalue weighted by molar-refractivity contribution is -0.121. The first-order valence-electron chi connectivity index (χ1n) is 8.82. The number of amides is 1. The van der Waals surface area contributed by atoms with E-state index in [1.807, 2.05) is 54.9 Å². The largest absolute Gasteiger partial charge is 0.356 e. The zero-order chi connectivity index (χ0) is 18.5. The number of nitrogens with zero attached hydrogens (tertiary/aromatic N) is 2. The molecule has 5 nitrogen and oxygen atoms in total. The van der Waals surface area contributed by atoms with Crippen LogP contribution in [0.4, 0.5) is 0 Å². The van der Waals surface area contributed by atoms with Crippen molar-refractivity contribution >= 4 is 17.3 Å². The number of nitrogens with one attached hydrogen (secondary N) is 1. The van der Waals surface area contributed by atoms with Crippen LogP contribution >= 0.6 is 0 Å². The lowest BCUT2D eigenvalue weighted by Crippen LogP contribution is -2.26. The average Bonchev–Trinajstić information content (AvgIpc) is 3.02. The molecule has 0 atom stereocenters. The molecule has 0 spiro atoms. The molecule has 0 radical (unpaired) electrons. The first-order chi connectivity index (χ1) is 12.5. The van der Waals surface area contributed by atoms with Crippen LogP contribution in [0.2, 0.25) is 0 Å². The minimum absolute atomic E-state index is 0.00382. The van der Waals surface area contributed by atoms with Crippen molar-refractivity contribution in [3.63, 3.8) is 0 Å². The van der Waals surface area contributed by atoms with E-state index in [0.717, 1.165) is 16.9 Å². The second kappa shape index (κ2) is 7.95. The van der Waals surface area contributed by atoms with E-state index in [1.165, 1.54) is 5.56 Å². The zero-order valence-corrected chi connectivity index (χ0v) is 15.2. The second-order valence-electron chi connectivity index (χ2n) is 6.59. The molecule has 0 aliphatic carbocycles. The number of rotatable bonds is 7. The van der Waals surface area contributed by atoms with Gasteiger partial charge in [0.05, 0.1) is 5.69 Å². The van der Waals surface area contributed by atoms with Gasteiger partial charge in [0.1, 0.15) is 5.65 Å². The Kier molecular flexibility index (Phi) is 5.46. The quantitative estimate of drug-likeness (QED) is 0.666. The van der Waals surface area contributed by atoms with Gasteiger partial charge >= 0.3 is 0 Å². The third-order valence-corrected chi connectivity index (χ3v) is 4.32. The van der Waals surface area contributed by atoms with Crippen LogP contribution in [0.25, 0.3) is 5.65 Å².